The van der Waals surface area contributed by atoms with E-state index in [0.29, 0.717) is 32.7 Å². The minimum atomic E-state index is -3.64. The molecule has 1 saturated heterocycles. The van der Waals surface area contributed by atoms with Crippen LogP contribution in [-0.4, -0.2) is 74.8 Å². The van der Waals surface area contributed by atoms with Crippen molar-refractivity contribution < 1.29 is 28.0 Å². The summed E-state index contributed by atoms with van der Waals surface area (Å²) < 4.78 is 32.8. The molecule has 124 valence electrons. The number of hydrogen-bond donors (Lipinski definition) is 2. The van der Waals surface area contributed by atoms with Crippen LogP contribution in [0.3, 0.4) is 0 Å². The third-order valence-corrected chi connectivity index (χ3v) is 5.95. The summed E-state index contributed by atoms with van der Waals surface area (Å²) in [6.45, 7) is 2.85. The molecule has 0 amide bonds. The number of piperazine rings is 1. The van der Waals surface area contributed by atoms with Crippen molar-refractivity contribution in [1.82, 2.24) is 8.87 Å². The molecule has 0 unspecified atom stereocenters. The van der Waals surface area contributed by atoms with Crippen LogP contribution in [0.5, 0.6) is 0 Å². The van der Waals surface area contributed by atoms with Crippen molar-refractivity contribution in [3.05, 3.63) is 17.8 Å². The molecule has 2 rings (SSSR count). The average molecular weight is 332 g/mol. The van der Waals surface area contributed by atoms with E-state index in [2.05, 4.69) is 4.74 Å². The summed E-state index contributed by atoms with van der Waals surface area (Å²) in [5, 5.41) is 9.02. The van der Waals surface area contributed by atoms with Gasteiger partial charge in [0.05, 0.1) is 39.9 Å². The van der Waals surface area contributed by atoms with Crippen LogP contribution >= 0.6 is 0 Å². The van der Waals surface area contributed by atoms with Gasteiger partial charge in [0.2, 0.25) is 0 Å². The van der Waals surface area contributed by atoms with Crippen molar-refractivity contribution in [3.8, 4) is 0 Å². The second-order valence-corrected chi connectivity index (χ2v) is 7.12. The third kappa shape index (κ3) is 3.17. The lowest BCUT2D eigenvalue weighted by atomic mass is 10.4. The molecule has 1 fully saturated rings. The first-order chi connectivity index (χ1) is 10.4. The molecule has 2 N–H and O–H groups in total. The number of nitrogens with one attached hydrogen (secondary N) is 1. The lowest BCUT2D eigenvalue weighted by molar-refractivity contribution is -0.904. The summed E-state index contributed by atoms with van der Waals surface area (Å²) in [5.41, 5.74) is 0.200. The highest BCUT2D eigenvalue weighted by Crippen LogP contribution is 2.18. The number of carbonyl (C=O) groups excluding carboxylic acids is 1. The fourth-order valence-electron chi connectivity index (χ4n) is 2.64. The van der Waals surface area contributed by atoms with E-state index in [1.54, 1.807) is 0 Å². The van der Waals surface area contributed by atoms with Crippen LogP contribution < -0.4 is 4.90 Å². The van der Waals surface area contributed by atoms with Gasteiger partial charge in [-0.2, -0.15) is 4.31 Å². The van der Waals surface area contributed by atoms with Crippen molar-refractivity contribution in [2.75, 3.05) is 46.4 Å². The predicted octanol–water partition coefficient (Wildman–Crippen LogP) is -2.31. The summed E-state index contributed by atoms with van der Waals surface area (Å²) in [5.74, 6) is -0.568. The van der Waals surface area contributed by atoms with Crippen LogP contribution in [0.4, 0.5) is 0 Å². The fourth-order valence-corrected chi connectivity index (χ4v) is 4.26. The third-order valence-electron chi connectivity index (χ3n) is 3.97. The van der Waals surface area contributed by atoms with Crippen molar-refractivity contribution in [2.24, 2.45) is 7.05 Å². The highest BCUT2D eigenvalue weighted by Gasteiger charge is 2.32. The number of aliphatic hydroxyl groups excluding tert-OH is 1. The van der Waals surface area contributed by atoms with Gasteiger partial charge in [-0.25, -0.2) is 13.2 Å². The molecule has 0 bridgehead atoms. The number of ether oxygens (including phenoxy) is 1. The van der Waals surface area contributed by atoms with Gasteiger partial charge in [0.25, 0.3) is 10.0 Å². The Kier molecular flexibility index (Phi) is 5.22. The van der Waals surface area contributed by atoms with Gasteiger partial charge in [-0.15, -0.1) is 0 Å². The Morgan fingerprint density at radius 2 is 2.00 bits per heavy atom. The van der Waals surface area contributed by atoms with Gasteiger partial charge in [0.15, 0.2) is 5.03 Å². The molecule has 8 nitrogen and oxygen atoms in total. The number of methoxy groups -OCH3 is 1. The maximum absolute atomic E-state index is 12.7. The normalized spacial score (nSPS) is 17.6. The second-order valence-electron chi connectivity index (χ2n) is 5.24. The SMILES string of the molecule is COC(=O)c1ccc(S(=O)(=O)N2CC[NH+](CCO)CC2)n1C. The number of quaternary nitrogens is 1. The Balaban J connectivity index is 2.18. The first-order valence-corrected chi connectivity index (χ1v) is 8.54. The van der Waals surface area contributed by atoms with Gasteiger partial charge in [0, 0.05) is 7.05 Å². The Bertz CT molecular complexity index is 632. The van der Waals surface area contributed by atoms with E-state index in [4.69, 9.17) is 5.11 Å². The summed E-state index contributed by atoms with van der Waals surface area (Å²) in [7, 11) is -0.849. The molecule has 1 aromatic rings. The largest absolute Gasteiger partial charge is 0.464 e. The molecule has 9 heteroatoms. The van der Waals surface area contributed by atoms with E-state index in [9.17, 15) is 13.2 Å². The average Bonchev–Trinajstić information content (AvgIpc) is 2.90. The van der Waals surface area contributed by atoms with E-state index < -0.39 is 16.0 Å². The highest BCUT2D eigenvalue weighted by molar-refractivity contribution is 7.89. The Hall–Kier alpha value is -1.42. The number of nitrogens with zero attached hydrogens (tertiary/aromatic N) is 2. The van der Waals surface area contributed by atoms with Gasteiger partial charge in [-0.1, -0.05) is 0 Å². The van der Waals surface area contributed by atoms with Gasteiger partial charge in [-0.3, -0.25) is 0 Å². The van der Waals surface area contributed by atoms with Crippen molar-refractivity contribution in [3.63, 3.8) is 0 Å². The minimum absolute atomic E-state index is 0.0820. The maximum Gasteiger partial charge on any atom is 0.354 e. The van der Waals surface area contributed by atoms with Crippen LogP contribution in [0.2, 0.25) is 0 Å². The van der Waals surface area contributed by atoms with E-state index in [1.807, 2.05) is 0 Å². The molecule has 0 aliphatic carbocycles. The molecule has 1 aliphatic heterocycles. The molecule has 1 aliphatic rings. The zero-order chi connectivity index (χ0) is 16.3. The minimum Gasteiger partial charge on any atom is -0.464 e. The van der Waals surface area contributed by atoms with E-state index in [-0.39, 0.29) is 17.3 Å². The van der Waals surface area contributed by atoms with Crippen molar-refractivity contribution in [2.45, 2.75) is 5.03 Å². The monoisotopic (exact) mass is 332 g/mol. The standard InChI is InChI=1S/C13H21N3O5S/c1-14-11(13(18)21-2)3-4-12(14)22(19,20)16-7-5-15(6-8-16)9-10-17/h3-4,17H,5-10H2,1-2H3/p+1. The van der Waals surface area contributed by atoms with Crippen LogP contribution in [0.15, 0.2) is 17.2 Å². The molecular formula is C13H22N3O5S+. The Morgan fingerprint density at radius 1 is 1.36 bits per heavy atom. The molecule has 2 heterocycles. The first-order valence-electron chi connectivity index (χ1n) is 7.10. The summed E-state index contributed by atoms with van der Waals surface area (Å²) in [6, 6.07) is 2.88. The highest BCUT2D eigenvalue weighted by atomic mass is 32.2. The maximum atomic E-state index is 12.7. The number of sulfonamides is 1. The van der Waals surface area contributed by atoms with Crippen molar-refractivity contribution >= 4 is 16.0 Å². The molecule has 0 aromatic carbocycles. The quantitative estimate of drug-likeness (QED) is 0.591. The molecule has 0 radical (unpaired) electrons. The number of esters is 1. The molecule has 0 atom stereocenters. The fraction of sp³-hybridized carbons (Fsp3) is 0.615. The first kappa shape index (κ1) is 16.9. The van der Waals surface area contributed by atoms with Gasteiger partial charge in [-0.05, 0) is 12.1 Å². The molecular weight excluding hydrogens is 310 g/mol. The predicted molar refractivity (Wildman–Crippen MR) is 78.2 cm³/mol. The summed E-state index contributed by atoms with van der Waals surface area (Å²) in [6.07, 6.45) is 0. The van der Waals surface area contributed by atoms with Gasteiger partial charge >= 0.3 is 5.97 Å². The number of hydrogen-bond acceptors (Lipinski definition) is 5. The zero-order valence-electron chi connectivity index (χ0n) is 12.8. The number of rotatable bonds is 5. The molecule has 0 saturated carbocycles. The van der Waals surface area contributed by atoms with Crippen LogP contribution in [0.25, 0.3) is 0 Å². The number of aliphatic hydroxyl groups is 1. The van der Waals surface area contributed by atoms with E-state index in [1.165, 1.54) is 40.1 Å². The van der Waals surface area contributed by atoms with E-state index in [0.717, 1.165) is 0 Å². The second kappa shape index (κ2) is 6.78. The summed E-state index contributed by atoms with van der Waals surface area (Å²) in [4.78, 5) is 12.8. The lowest BCUT2D eigenvalue weighted by Crippen LogP contribution is -3.15. The smallest absolute Gasteiger partial charge is 0.354 e. The van der Waals surface area contributed by atoms with Crippen LogP contribution in [0.1, 0.15) is 10.5 Å². The Labute approximate surface area is 129 Å². The zero-order valence-corrected chi connectivity index (χ0v) is 13.6. The van der Waals surface area contributed by atoms with Gasteiger partial charge < -0.3 is 19.3 Å². The van der Waals surface area contributed by atoms with Crippen LogP contribution in [0, 0.1) is 0 Å². The molecule has 1 aromatic heterocycles. The van der Waals surface area contributed by atoms with Crippen molar-refractivity contribution in [1.29, 1.82) is 0 Å². The van der Waals surface area contributed by atoms with Gasteiger partial charge in [0.1, 0.15) is 12.2 Å². The number of aromatic nitrogens is 1. The van der Waals surface area contributed by atoms with E-state index >= 15 is 0 Å². The van der Waals surface area contributed by atoms with Crippen LogP contribution in [-0.2, 0) is 21.8 Å². The number of carbonyl (C=O) groups is 1. The topological polar surface area (TPSA) is 93.3 Å². The molecule has 22 heavy (non-hydrogen) atoms. The molecule has 0 spiro atoms. The Morgan fingerprint density at radius 3 is 2.55 bits per heavy atom. The lowest BCUT2D eigenvalue weighted by Gasteiger charge is -2.31. The summed E-state index contributed by atoms with van der Waals surface area (Å²) >= 11 is 0.